The Hall–Kier alpha value is -0.0800. The Bertz CT molecular complexity index is 337. The van der Waals surface area contributed by atoms with Crippen LogP contribution in [0.4, 0.5) is 0 Å². The lowest BCUT2D eigenvalue weighted by molar-refractivity contribution is -0.186. The molecule has 0 aromatic carbocycles. The zero-order valence-corrected chi connectivity index (χ0v) is 8.51. The largest absolute Gasteiger partial charge is 0.390 e. The minimum absolute atomic E-state index is 0.434. The Morgan fingerprint density at radius 3 is 1.29 bits per heavy atom. The molecule has 6 aliphatic rings. The van der Waals surface area contributed by atoms with E-state index in [-0.39, 0.29) is 0 Å². The van der Waals surface area contributed by atoms with Gasteiger partial charge < -0.3 is 10.2 Å². The zero-order valence-electron chi connectivity index (χ0n) is 8.51. The maximum Gasteiger partial charge on any atom is 0.0688 e. The van der Waals surface area contributed by atoms with Crippen molar-refractivity contribution in [2.24, 2.45) is 47.3 Å². The minimum atomic E-state index is -0.434. The zero-order chi connectivity index (χ0) is 9.62. The minimum Gasteiger partial charge on any atom is -0.390 e. The van der Waals surface area contributed by atoms with E-state index in [0.29, 0.717) is 35.5 Å². The summed E-state index contributed by atoms with van der Waals surface area (Å²) in [6, 6.07) is 0. The van der Waals surface area contributed by atoms with Gasteiger partial charge in [-0.25, -0.2) is 0 Å². The summed E-state index contributed by atoms with van der Waals surface area (Å²) in [7, 11) is 0. The van der Waals surface area contributed by atoms with Crippen LogP contribution in [0.25, 0.3) is 0 Å². The highest BCUT2D eigenvalue weighted by molar-refractivity contribution is 5.41. The summed E-state index contributed by atoms with van der Waals surface area (Å²) in [5.74, 6) is 4.95. The molecule has 0 saturated heterocycles. The molecule has 14 heavy (non-hydrogen) atoms. The molecular formula is C12H16O2. The van der Waals surface area contributed by atoms with Crippen LogP contribution in [0, 0.1) is 47.3 Å². The molecule has 0 aliphatic heterocycles. The third-order valence-corrected chi connectivity index (χ3v) is 6.91. The molecule has 0 radical (unpaired) electrons. The van der Waals surface area contributed by atoms with Crippen molar-refractivity contribution in [3.8, 4) is 0 Å². The van der Waals surface area contributed by atoms with Crippen LogP contribution < -0.4 is 0 Å². The summed E-state index contributed by atoms with van der Waals surface area (Å²) < 4.78 is 0. The predicted molar refractivity (Wildman–Crippen MR) is 49.2 cm³/mol. The lowest BCUT2D eigenvalue weighted by Crippen LogP contribution is -2.62. The van der Waals surface area contributed by atoms with Crippen molar-refractivity contribution in [3.05, 3.63) is 0 Å². The van der Waals surface area contributed by atoms with Gasteiger partial charge in [0.15, 0.2) is 0 Å². The first-order valence-corrected chi connectivity index (χ1v) is 5.94. The van der Waals surface area contributed by atoms with Gasteiger partial charge in [0.1, 0.15) is 0 Å². The second-order valence-corrected chi connectivity index (χ2v) is 6.86. The van der Waals surface area contributed by atoms with Crippen molar-refractivity contribution in [1.29, 1.82) is 0 Å². The van der Waals surface area contributed by atoms with Crippen molar-refractivity contribution in [3.63, 3.8) is 0 Å². The molecule has 0 unspecified atom stereocenters. The molecule has 6 saturated carbocycles. The maximum absolute atomic E-state index is 10.5. The average Bonchev–Trinajstić information content (AvgIpc) is 2.40. The first-order chi connectivity index (χ1) is 6.49. The molecular weight excluding hydrogens is 176 g/mol. The van der Waals surface area contributed by atoms with E-state index in [4.69, 9.17) is 0 Å². The molecule has 6 aliphatic carbocycles. The Labute approximate surface area is 83.3 Å². The number of aliphatic hydroxyl groups is 2. The predicted octanol–water partition coefficient (Wildman–Crippen LogP) is 0.486. The Kier molecular flexibility index (Phi) is 0.735. The highest BCUT2D eigenvalue weighted by atomic mass is 16.3. The van der Waals surface area contributed by atoms with E-state index in [9.17, 15) is 10.2 Å². The molecule has 0 heterocycles. The molecule has 2 heteroatoms. The quantitative estimate of drug-likeness (QED) is 0.586. The standard InChI is InChI=1S/C12H16O2/c1-11(13)7-3-4-5(7)10-9(11)6(3)8(4)12(10,2)14/h3-10,13-14H,1-2H3/t3-,4-,5-,6+,7+,8+,9+,10-,11+,12+/m1/s1. The molecule has 2 N–H and O–H groups in total. The fourth-order valence-electron chi connectivity index (χ4n) is 7.09. The number of hydrogen-bond donors (Lipinski definition) is 2. The van der Waals surface area contributed by atoms with Gasteiger partial charge in [-0.05, 0) is 61.2 Å². The smallest absolute Gasteiger partial charge is 0.0688 e. The van der Waals surface area contributed by atoms with Crippen LogP contribution in [0.2, 0.25) is 0 Å². The molecule has 2 nitrogen and oxygen atoms in total. The van der Waals surface area contributed by atoms with E-state index in [1.54, 1.807) is 0 Å². The summed E-state index contributed by atoms with van der Waals surface area (Å²) in [6.07, 6.45) is 0. The van der Waals surface area contributed by atoms with Crippen molar-refractivity contribution in [2.75, 3.05) is 0 Å². The molecule has 6 fully saturated rings. The normalized spacial score (nSPS) is 90.0. The van der Waals surface area contributed by atoms with Crippen molar-refractivity contribution in [1.82, 2.24) is 0 Å². The van der Waals surface area contributed by atoms with Gasteiger partial charge in [-0.2, -0.15) is 0 Å². The van der Waals surface area contributed by atoms with E-state index in [2.05, 4.69) is 0 Å². The van der Waals surface area contributed by atoms with Crippen LogP contribution in [0.3, 0.4) is 0 Å². The fraction of sp³-hybridized carbons (Fsp3) is 1.00. The molecule has 0 amide bonds. The molecule has 0 aromatic heterocycles. The summed E-state index contributed by atoms with van der Waals surface area (Å²) >= 11 is 0. The Balaban J connectivity index is 1.82. The van der Waals surface area contributed by atoms with Crippen molar-refractivity contribution < 1.29 is 10.2 Å². The van der Waals surface area contributed by atoms with Crippen molar-refractivity contribution in [2.45, 2.75) is 25.0 Å². The van der Waals surface area contributed by atoms with Gasteiger partial charge in [0.25, 0.3) is 0 Å². The average molecular weight is 192 g/mol. The molecule has 4 bridgehead atoms. The SMILES string of the molecule is C[C@]1(O)[C@H]2[C@@H]3[C@@H]4[C@@H]2[C@H]2[C@H]1[C@H]3[C@H]4[C@]2(C)O. The van der Waals surface area contributed by atoms with Crippen LogP contribution >= 0.6 is 0 Å². The van der Waals surface area contributed by atoms with Crippen LogP contribution in [-0.2, 0) is 0 Å². The maximum atomic E-state index is 10.5. The van der Waals surface area contributed by atoms with Gasteiger partial charge in [-0.3, -0.25) is 0 Å². The Morgan fingerprint density at radius 1 is 0.643 bits per heavy atom. The highest BCUT2D eigenvalue weighted by Crippen LogP contribution is 2.92. The monoisotopic (exact) mass is 192 g/mol. The molecule has 6 rings (SSSR count). The fourth-order valence-corrected chi connectivity index (χ4v) is 7.09. The second kappa shape index (κ2) is 1.42. The molecule has 0 spiro atoms. The van der Waals surface area contributed by atoms with E-state index in [0.717, 1.165) is 11.8 Å². The van der Waals surface area contributed by atoms with E-state index < -0.39 is 11.2 Å². The molecule has 0 aromatic rings. The summed E-state index contributed by atoms with van der Waals surface area (Å²) in [5.41, 5.74) is -0.868. The number of hydrogen-bond acceptors (Lipinski definition) is 2. The van der Waals surface area contributed by atoms with E-state index in [1.807, 2.05) is 13.8 Å². The summed E-state index contributed by atoms with van der Waals surface area (Å²) in [6.45, 7) is 4.06. The Morgan fingerprint density at radius 2 is 1.00 bits per heavy atom. The third kappa shape index (κ3) is 0.348. The van der Waals surface area contributed by atoms with Gasteiger partial charge in [0, 0.05) is 0 Å². The van der Waals surface area contributed by atoms with Crippen LogP contribution in [-0.4, -0.2) is 21.4 Å². The van der Waals surface area contributed by atoms with Crippen LogP contribution in [0.5, 0.6) is 0 Å². The third-order valence-electron chi connectivity index (χ3n) is 6.91. The van der Waals surface area contributed by atoms with Gasteiger partial charge in [0.05, 0.1) is 11.2 Å². The molecule has 10 atom stereocenters. The van der Waals surface area contributed by atoms with E-state index in [1.165, 1.54) is 0 Å². The summed E-state index contributed by atoms with van der Waals surface area (Å²) in [5, 5.41) is 21.0. The second-order valence-electron chi connectivity index (χ2n) is 6.86. The first kappa shape index (κ1) is 7.24. The number of rotatable bonds is 0. The van der Waals surface area contributed by atoms with E-state index >= 15 is 0 Å². The van der Waals surface area contributed by atoms with Crippen LogP contribution in [0.15, 0.2) is 0 Å². The first-order valence-electron chi connectivity index (χ1n) is 5.94. The van der Waals surface area contributed by atoms with Gasteiger partial charge in [0.2, 0.25) is 0 Å². The van der Waals surface area contributed by atoms with Crippen molar-refractivity contribution >= 4 is 0 Å². The lowest BCUT2D eigenvalue weighted by atomic mass is 9.40. The lowest BCUT2D eigenvalue weighted by Gasteiger charge is -2.63. The van der Waals surface area contributed by atoms with Gasteiger partial charge in [-0.15, -0.1) is 0 Å². The highest BCUT2D eigenvalue weighted by Gasteiger charge is 2.94. The van der Waals surface area contributed by atoms with Gasteiger partial charge >= 0.3 is 0 Å². The summed E-state index contributed by atoms with van der Waals surface area (Å²) in [4.78, 5) is 0. The van der Waals surface area contributed by atoms with Gasteiger partial charge in [-0.1, -0.05) is 0 Å². The van der Waals surface area contributed by atoms with Crippen LogP contribution in [0.1, 0.15) is 13.8 Å². The molecule has 76 valence electrons. The topological polar surface area (TPSA) is 40.5 Å².